The van der Waals surface area contributed by atoms with Gasteiger partial charge < -0.3 is 20.3 Å². The number of guanidine groups is 1. The normalized spacial score (nSPS) is 15.4. The van der Waals surface area contributed by atoms with Gasteiger partial charge in [0.25, 0.3) is 0 Å². The lowest BCUT2D eigenvalue weighted by atomic mass is 9.98. The van der Waals surface area contributed by atoms with E-state index in [9.17, 15) is 4.79 Å². The van der Waals surface area contributed by atoms with Crippen LogP contribution in [0.25, 0.3) is 0 Å². The summed E-state index contributed by atoms with van der Waals surface area (Å²) in [4.78, 5) is 19.4. The van der Waals surface area contributed by atoms with E-state index in [0.29, 0.717) is 25.1 Å². The number of nitrogens with zero attached hydrogens (tertiary/aromatic N) is 2. The molecule has 2 rings (SSSR count). The van der Waals surface area contributed by atoms with Crippen molar-refractivity contribution in [3.05, 3.63) is 29.3 Å². The van der Waals surface area contributed by atoms with Gasteiger partial charge in [0.2, 0.25) is 5.91 Å². The van der Waals surface area contributed by atoms with Gasteiger partial charge in [-0.1, -0.05) is 26.0 Å². The fraction of sp³-hybridized carbons (Fsp3) is 0.667. The fourth-order valence-corrected chi connectivity index (χ4v) is 3.95. The standard InChI is InChI=1S/C24H40N4O2/c1-6-20(7-2)23(29)28-14-12-21(13-15-28)27-24(25-8-3)26-17-19-10-11-22(30-9-4)18(5)16-19/h10-11,16,20-21H,6-9,12-15,17H2,1-5H3,(H2,25,26,27). The van der Waals surface area contributed by atoms with Gasteiger partial charge in [0.15, 0.2) is 5.96 Å². The second-order valence-corrected chi connectivity index (χ2v) is 7.99. The van der Waals surface area contributed by atoms with Crippen LogP contribution in [0.1, 0.15) is 64.5 Å². The van der Waals surface area contributed by atoms with E-state index >= 15 is 0 Å². The van der Waals surface area contributed by atoms with Gasteiger partial charge in [-0.15, -0.1) is 0 Å². The summed E-state index contributed by atoms with van der Waals surface area (Å²) >= 11 is 0. The summed E-state index contributed by atoms with van der Waals surface area (Å²) in [6.45, 7) is 14.1. The Bertz CT molecular complexity index is 692. The number of likely N-dealkylation sites (tertiary alicyclic amines) is 1. The predicted octanol–water partition coefficient (Wildman–Crippen LogP) is 3.88. The number of hydrogen-bond donors (Lipinski definition) is 2. The fourth-order valence-electron chi connectivity index (χ4n) is 3.95. The Kier molecular flexibility index (Phi) is 9.98. The van der Waals surface area contributed by atoms with Crippen molar-refractivity contribution in [3.63, 3.8) is 0 Å². The predicted molar refractivity (Wildman–Crippen MR) is 124 cm³/mol. The van der Waals surface area contributed by atoms with E-state index in [4.69, 9.17) is 9.73 Å². The highest BCUT2D eigenvalue weighted by Gasteiger charge is 2.26. The smallest absolute Gasteiger partial charge is 0.225 e. The third kappa shape index (κ3) is 6.92. The van der Waals surface area contributed by atoms with Crippen LogP contribution in [-0.4, -0.2) is 49.0 Å². The largest absolute Gasteiger partial charge is 0.494 e. The molecule has 0 unspecified atom stereocenters. The van der Waals surface area contributed by atoms with Gasteiger partial charge in [-0.25, -0.2) is 4.99 Å². The Morgan fingerprint density at radius 3 is 2.47 bits per heavy atom. The number of carbonyl (C=O) groups is 1. The van der Waals surface area contributed by atoms with Crippen molar-refractivity contribution in [2.24, 2.45) is 10.9 Å². The second kappa shape index (κ2) is 12.5. The van der Waals surface area contributed by atoms with E-state index < -0.39 is 0 Å². The molecular weight excluding hydrogens is 376 g/mol. The number of rotatable bonds is 9. The van der Waals surface area contributed by atoms with Crippen LogP contribution in [0, 0.1) is 12.8 Å². The Morgan fingerprint density at radius 1 is 1.20 bits per heavy atom. The van der Waals surface area contributed by atoms with Crippen molar-refractivity contribution in [2.45, 2.75) is 72.9 Å². The SMILES string of the molecule is CCNC(=NCc1ccc(OCC)c(C)c1)NC1CCN(C(=O)C(CC)CC)CC1. The Balaban J connectivity index is 1.91. The first kappa shape index (κ1) is 24.0. The number of carbonyl (C=O) groups excluding carboxylic acids is 1. The maximum atomic E-state index is 12.6. The topological polar surface area (TPSA) is 66.0 Å². The van der Waals surface area contributed by atoms with Gasteiger partial charge in [-0.05, 0) is 63.6 Å². The molecule has 30 heavy (non-hydrogen) atoms. The molecule has 1 saturated heterocycles. The highest BCUT2D eigenvalue weighted by atomic mass is 16.5. The third-order valence-electron chi connectivity index (χ3n) is 5.79. The van der Waals surface area contributed by atoms with Gasteiger partial charge in [0, 0.05) is 31.6 Å². The van der Waals surface area contributed by atoms with E-state index in [0.717, 1.165) is 62.6 Å². The third-order valence-corrected chi connectivity index (χ3v) is 5.79. The lowest BCUT2D eigenvalue weighted by Crippen LogP contribution is -2.50. The quantitative estimate of drug-likeness (QED) is 0.474. The van der Waals surface area contributed by atoms with Crippen molar-refractivity contribution in [2.75, 3.05) is 26.2 Å². The first-order valence-electron chi connectivity index (χ1n) is 11.6. The molecule has 6 heteroatoms. The van der Waals surface area contributed by atoms with Crippen molar-refractivity contribution >= 4 is 11.9 Å². The van der Waals surface area contributed by atoms with E-state index in [1.54, 1.807) is 0 Å². The van der Waals surface area contributed by atoms with Crippen LogP contribution < -0.4 is 15.4 Å². The molecule has 0 saturated carbocycles. The molecule has 0 radical (unpaired) electrons. The monoisotopic (exact) mass is 416 g/mol. The summed E-state index contributed by atoms with van der Waals surface area (Å²) in [7, 11) is 0. The van der Waals surface area contributed by atoms with Crippen LogP contribution in [0.2, 0.25) is 0 Å². The van der Waals surface area contributed by atoms with E-state index in [1.165, 1.54) is 5.56 Å². The van der Waals surface area contributed by atoms with Gasteiger partial charge in [-0.2, -0.15) is 0 Å². The van der Waals surface area contributed by atoms with Crippen LogP contribution in [0.4, 0.5) is 0 Å². The lowest BCUT2D eigenvalue weighted by molar-refractivity contribution is -0.136. The summed E-state index contributed by atoms with van der Waals surface area (Å²) in [6.07, 6.45) is 3.77. The molecule has 168 valence electrons. The molecule has 1 aliphatic heterocycles. The Hall–Kier alpha value is -2.24. The van der Waals surface area contributed by atoms with Crippen molar-refractivity contribution in [3.8, 4) is 5.75 Å². The van der Waals surface area contributed by atoms with Crippen LogP contribution in [0.3, 0.4) is 0 Å². The molecule has 2 N–H and O–H groups in total. The molecule has 6 nitrogen and oxygen atoms in total. The minimum Gasteiger partial charge on any atom is -0.494 e. The number of hydrogen-bond acceptors (Lipinski definition) is 3. The molecule has 1 heterocycles. The zero-order chi connectivity index (χ0) is 21.9. The number of nitrogens with one attached hydrogen (secondary N) is 2. The molecule has 0 aromatic heterocycles. The summed E-state index contributed by atoms with van der Waals surface area (Å²) < 4.78 is 5.62. The first-order chi connectivity index (χ1) is 14.5. The highest BCUT2D eigenvalue weighted by Crippen LogP contribution is 2.20. The van der Waals surface area contributed by atoms with Gasteiger partial charge in [-0.3, -0.25) is 4.79 Å². The Morgan fingerprint density at radius 2 is 1.90 bits per heavy atom. The van der Waals surface area contributed by atoms with Gasteiger partial charge in [0.05, 0.1) is 13.2 Å². The number of aryl methyl sites for hydroxylation is 1. The molecule has 1 amide bonds. The van der Waals surface area contributed by atoms with E-state index in [-0.39, 0.29) is 5.92 Å². The molecule has 0 spiro atoms. The number of benzene rings is 1. The first-order valence-corrected chi connectivity index (χ1v) is 11.6. The maximum Gasteiger partial charge on any atom is 0.225 e. The molecule has 0 aliphatic carbocycles. The average Bonchev–Trinajstić information content (AvgIpc) is 2.75. The van der Waals surface area contributed by atoms with Crippen molar-refractivity contribution in [1.82, 2.24) is 15.5 Å². The summed E-state index contributed by atoms with van der Waals surface area (Å²) in [5.74, 6) is 2.27. The summed E-state index contributed by atoms with van der Waals surface area (Å²) in [6, 6.07) is 6.58. The number of piperidine rings is 1. The molecule has 1 aromatic rings. The van der Waals surface area contributed by atoms with Crippen LogP contribution in [0.5, 0.6) is 5.75 Å². The number of amides is 1. The summed E-state index contributed by atoms with van der Waals surface area (Å²) in [5, 5.41) is 6.92. The van der Waals surface area contributed by atoms with Gasteiger partial charge in [0.1, 0.15) is 5.75 Å². The van der Waals surface area contributed by atoms with Crippen molar-refractivity contribution < 1.29 is 9.53 Å². The minimum atomic E-state index is 0.172. The summed E-state index contributed by atoms with van der Waals surface area (Å²) in [5.41, 5.74) is 2.30. The zero-order valence-corrected chi connectivity index (χ0v) is 19.5. The molecule has 1 fully saturated rings. The average molecular weight is 417 g/mol. The molecular formula is C24H40N4O2. The zero-order valence-electron chi connectivity index (χ0n) is 19.5. The van der Waals surface area contributed by atoms with E-state index in [2.05, 4.69) is 50.5 Å². The Labute approximate surface area is 182 Å². The van der Waals surface area contributed by atoms with Crippen LogP contribution in [0.15, 0.2) is 23.2 Å². The minimum absolute atomic E-state index is 0.172. The maximum absolute atomic E-state index is 12.6. The van der Waals surface area contributed by atoms with Crippen LogP contribution >= 0.6 is 0 Å². The second-order valence-electron chi connectivity index (χ2n) is 7.99. The lowest BCUT2D eigenvalue weighted by Gasteiger charge is -2.34. The van der Waals surface area contributed by atoms with Crippen molar-refractivity contribution in [1.29, 1.82) is 0 Å². The van der Waals surface area contributed by atoms with E-state index in [1.807, 2.05) is 17.9 Å². The van der Waals surface area contributed by atoms with Crippen LogP contribution in [-0.2, 0) is 11.3 Å². The number of aliphatic imine (C=N–C) groups is 1. The molecule has 1 aliphatic rings. The molecule has 1 aromatic carbocycles. The molecule has 0 bridgehead atoms. The highest BCUT2D eigenvalue weighted by molar-refractivity contribution is 5.80. The number of ether oxygens (including phenoxy) is 1. The van der Waals surface area contributed by atoms with Gasteiger partial charge >= 0.3 is 0 Å². The molecule has 0 atom stereocenters.